The van der Waals surface area contributed by atoms with Crippen LogP contribution in [0.5, 0.6) is 5.75 Å². The van der Waals surface area contributed by atoms with E-state index >= 15 is 0 Å². The molecule has 0 radical (unpaired) electrons. The average Bonchev–Trinajstić information content (AvgIpc) is 2.61. The molecule has 0 fully saturated rings. The van der Waals surface area contributed by atoms with Gasteiger partial charge in [0.1, 0.15) is 5.75 Å². The van der Waals surface area contributed by atoms with Gasteiger partial charge in [-0.2, -0.15) is 0 Å². The fraction of sp³-hybridized carbons (Fsp3) is 0.0909. The number of phenolic OH excluding ortho intramolecular Hbond substituents is 1. The van der Waals surface area contributed by atoms with Crippen molar-refractivity contribution in [2.75, 3.05) is 6.61 Å². The number of aliphatic hydroxyl groups excluding tert-OH is 1. The van der Waals surface area contributed by atoms with Crippen LogP contribution in [0.25, 0.3) is 43.1 Å². The zero-order chi connectivity index (χ0) is 16.7. The average molecular weight is 314 g/mol. The first-order valence-electron chi connectivity index (χ1n) is 8.14. The van der Waals surface area contributed by atoms with Gasteiger partial charge in [0.2, 0.25) is 0 Å². The van der Waals surface area contributed by atoms with E-state index in [4.69, 9.17) is 5.11 Å². The van der Waals surface area contributed by atoms with Crippen molar-refractivity contribution in [3.05, 3.63) is 66.7 Å². The smallest absolute Gasteiger partial charge is 0.123 e. The molecule has 2 heteroatoms. The van der Waals surface area contributed by atoms with E-state index in [9.17, 15) is 5.11 Å². The second-order valence-corrected chi connectivity index (χ2v) is 5.89. The number of rotatable bonds is 0. The van der Waals surface area contributed by atoms with Gasteiger partial charge in [0.15, 0.2) is 0 Å². The van der Waals surface area contributed by atoms with E-state index in [-0.39, 0.29) is 6.61 Å². The second-order valence-electron chi connectivity index (χ2n) is 5.89. The molecule has 0 saturated heterocycles. The summed E-state index contributed by atoms with van der Waals surface area (Å²) in [6.07, 6.45) is 0. The third-order valence-electron chi connectivity index (χ3n) is 4.50. The van der Waals surface area contributed by atoms with Crippen molar-refractivity contribution >= 4 is 43.1 Å². The van der Waals surface area contributed by atoms with E-state index in [1.165, 1.54) is 32.3 Å². The zero-order valence-electron chi connectivity index (χ0n) is 13.5. The van der Waals surface area contributed by atoms with Crippen molar-refractivity contribution < 1.29 is 10.2 Å². The molecular formula is C22H18O2. The topological polar surface area (TPSA) is 40.5 Å². The number of phenols is 1. The molecule has 0 heterocycles. The van der Waals surface area contributed by atoms with Crippen LogP contribution in [0.3, 0.4) is 0 Å². The van der Waals surface area contributed by atoms with Gasteiger partial charge >= 0.3 is 0 Å². The Morgan fingerprint density at radius 3 is 1.71 bits per heavy atom. The van der Waals surface area contributed by atoms with Crippen LogP contribution in [0.4, 0.5) is 0 Å². The summed E-state index contributed by atoms with van der Waals surface area (Å²) < 4.78 is 0. The largest absolute Gasteiger partial charge is 0.507 e. The molecule has 0 atom stereocenters. The first-order chi connectivity index (χ1) is 11.8. The quantitative estimate of drug-likeness (QED) is 0.295. The number of hydrogen-bond donors (Lipinski definition) is 2. The third kappa shape index (κ3) is 2.00. The Morgan fingerprint density at radius 1 is 0.625 bits per heavy atom. The third-order valence-corrected chi connectivity index (χ3v) is 4.50. The highest BCUT2D eigenvalue weighted by Crippen LogP contribution is 2.42. The van der Waals surface area contributed by atoms with Crippen LogP contribution in [-0.2, 0) is 0 Å². The summed E-state index contributed by atoms with van der Waals surface area (Å²) in [6, 6.07) is 22.9. The number of hydrogen-bond acceptors (Lipinski definition) is 2. The molecule has 5 rings (SSSR count). The summed E-state index contributed by atoms with van der Waals surface area (Å²) in [5.74, 6) is 0.349. The predicted molar refractivity (Wildman–Crippen MR) is 102 cm³/mol. The van der Waals surface area contributed by atoms with Gasteiger partial charge in [-0.3, -0.25) is 0 Å². The summed E-state index contributed by atoms with van der Waals surface area (Å²) in [6.45, 7) is 1.93. The summed E-state index contributed by atoms with van der Waals surface area (Å²) in [4.78, 5) is 0. The van der Waals surface area contributed by atoms with Gasteiger partial charge in [-0.15, -0.1) is 0 Å². The molecule has 5 aromatic carbocycles. The standard InChI is InChI=1S/C20H12O.C2H6O/c21-18-11-10-16-14-7-2-5-12-4-1-6-13(19(12)14)15-8-3-9-17(18)20(15)16;1-2-3/h1-11,21H;3H,2H2,1H3. The maximum atomic E-state index is 10.2. The molecule has 5 aromatic rings. The van der Waals surface area contributed by atoms with Gasteiger partial charge in [-0.25, -0.2) is 0 Å². The van der Waals surface area contributed by atoms with Crippen LogP contribution >= 0.6 is 0 Å². The molecular weight excluding hydrogens is 296 g/mol. The first kappa shape index (κ1) is 14.7. The predicted octanol–water partition coefficient (Wildman–Crippen LogP) is 5.44. The van der Waals surface area contributed by atoms with Crippen LogP contribution in [0.15, 0.2) is 66.7 Å². The lowest BCUT2D eigenvalue weighted by Gasteiger charge is -2.14. The fourth-order valence-electron chi connectivity index (χ4n) is 3.63. The van der Waals surface area contributed by atoms with Crippen LogP contribution in [0.1, 0.15) is 6.92 Å². The number of benzene rings is 5. The van der Waals surface area contributed by atoms with Crippen molar-refractivity contribution in [3.8, 4) is 5.75 Å². The second kappa shape index (κ2) is 5.66. The van der Waals surface area contributed by atoms with Crippen LogP contribution in [0, 0.1) is 0 Å². The molecule has 24 heavy (non-hydrogen) atoms. The van der Waals surface area contributed by atoms with Crippen LogP contribution in [0.2, 0.25) is 0 Å². The summed E-state index contributed by atoms with van der Waals surface area (Å²) in [5.41, 5.74) is 0. The van der Waals surface area contributed by atoms with Crippen molar-refractivity contribution in [2.24, 2.45) is 0 Å². The van der Waals surface area contributed by atoms with E-state index in [0.29, 0.717) is 5.75 Å². The Labute approximate surface area is 139 Å². The highest BCUT2D eigenvalue weighted by Gasteiger charge is 2.13. The maximum Gasteiger partial charge on any atom is 0.123 e. The lowest BCUT2D eigenvalue weighted by molar-refractivity contribution is 0.318. The summed E-state index contributed by atoms with van der Waals surface area (Å²) in [7, 11) is 0. The van der Waals surface area contributed by atoms with E-state index in [2.05, 4.69) is 42.5 Å². The molecule has 0 saturated carbocycles. The van der Waals surface area contributed by atoms with Crippen molar-refractivity contribution in [2.45, 2.75) is 6.92 Å². The SMILES string of the molecule is CCO.Oc1ccc2c3cccc4cccc(c5cccc1c52)c43. The Hall–Kier alpha value is -2.84. The first-order valence-corrected chi connectivity index (χ1v) is 8.14. The number of aliphatic hydroxyl groups is 1. The summed E-state index contributed by atoms with van der Waals surface area (Å²) in [5, 5.41) is 27.3. The molecule has 0 aliphatic carbocycles. The van der Waals surface area contributed by atoms with Gasteiger partial charge in [0, 0.05) is 17.4 Å². The van der Waals surface area contributed by atoms with Gasteiger partial charge in [-0.1, -0.05) is 60.7 Å². The molecule has 0 spiro atoms. The Balaban J connectivity index is 0.000000455. The highest BCUT2D eigenvalue weighted by atomic mass is 16.3. The lowest BCUT2D eigenvalue weighted by atomic mass is 9.90. The Bertz CT molecular complexity index is 1110. The molecule has 0 aliphatic heterocycles. The normalized spacial score (nSPS) is 11.2. The molecule has 0 amide bonds. The molecule has 0 aliphatic rings. The molecule has 0 unspecified atom stereocenters. The molecule has 2 nitrogen and oxygen atoms in total. The molecule has 0 bridgehead atoms. The van der Waals surface area contributed by atoms with Crippen molar-refractivity contribution in [3.63, 3.8) is 0 Å². The minimum absolute atomic E-state index is 0.250. The van der Waals surface area contributed by atoms with Crippen LogP contribution < -0.4 is 0 Å². The lowest BCUT2D eigenvalue weighted by Crippen LogP contribution is -1.86. The Kier molecular flexibility index (Phi) is 3.47. The van der Waals surface area contributed by atoms with Gasteiger partial charge < -0.3 is 10.2 Å². The van der Waals surface area contributed by atoms with Crippen LogP contribution in [-0.4, -0.2) is 16.8 Å². The van der Waals surface area contributed by atoms with Gasteiger partial charge in [-0.05, 0) is 45.3 Å². The monoisotopic (exact) mass is 314 g/mol. The fourth-order valence-corrected chi connectivity index (χ4v) is 3.63. The van der Waals surface area contributed by atoms with E-state index in [0.717, 1.165) is 10.8 Å². The van der Waals surface area contributed by atoms with Crippen molar-refractivity contribution in [1.29, 1.82) is 0 Å². The number of aromatic hydroxyl groups is 1. The zero-order valence-corrected chi connectivity index (χ0v) is 13.5. The highest BCUT2D eigenvalue weighted by molar-refractivity contribution is 6.33. The summed E-state index contributed by atoms with van der Waals surface area (Å²) >= 11 is 0. The van der Waals surface area contributed by atoms with E-state index in [1.807, 2.05) is 18.2 Å². The minimum Gasteiger partial charge on any atom is -0.507 e. The maximum absolute atomic E-state index is 10.2. The van der Waals surface area contributed by atoms with E-state index in [1.54, 1.807) is 13.0 Å². The number of fused-ring (bicyclic) bond motifs is 2. The van der Waals surface area contributed by atoms with Crippen molar-refractivity contribution in [1.82, 2.24) is 0 Å². The molecule has 0 aromatic heterocycles. The Morgan fingerprint density at radius 2 is 1.08 bits per heavy atom. The van der Waals surface area contributed by atoms with Gasteiger partial charge in [0.05, 0.1) is 0 Å². The molecule has 2 N–H and O–H groups in total. The minimum atomic E-state index is 0.250. The van der Waals surface area contributed by atoms with Gasteiger partial charge in [0.25, 0.3) is 0 Å². The van der Waals surface area contributed by atoms with E-state index < -0.39 is 0 Å². The molecule has 118 valence electrons.